The number of nitrogens with zero attached hydrogens (tertiary/aromatic N) is 1. The minimum absolute atomic E-state index is 0.00379. The van der Waals surface area contributed by atoms with Crippen LogP contribution in [0.25, 0.3) is 0 Å². The van der Waals surface area contributed by atoms with Gasteiger partial charge in [0.2, 0.25) is 5.91 Å². The molecule has 1 rings (SSSR count). The molecule has 0 aromatic carbocycles. The van der Waals surface area contributed by atoms with E-state index in [0.29, 0.717) is 13.1 Å². The van der Waals surface area contributed by atoms with E-state index in [0.717, 1.165) is 32.7 Å². The fourth-order valence-electron chi connectivity index (χ4n) is 2.13. The van der Waals surface area contributed by atoms with Gasteiger partial charge in [0.15, 0.2) is 0 Å². The van der Waals surface area contributed by atoms with Gasteiger partial charge in [0.25, 0.3) is 0 Å². The maximum absolute atomic E-state index is 11.7. The Morgan fingerprint density at radius 2 is 1.81 bits per heavy atom. The highest BCUT2D eigenvalue weighted by Crippen LogP contribution is 2.14. The number of hydrogen-bond donors (Lipinski definition) is 3. The SMILES string of the molecule is CCCNC(=O)CNC(=O)NCC(C)(C)N1CCOCC1. The third-order valence-electron chi connectivity index (χ3n) is 3.53. The van der Waals surface area contributed by atoms with Crippen molar-refractivity contribution >= 4 is 11.9 Å². The zero-order valence-corrected chi connectivity index (χ0v) is 13.3. The first kappa shape index (κ1) is 17.7. The van der Waals surface area contributed by atoms with Crippen LogP contribution in [-0.4, -0.2) is 68.3 Å². The Bertz CT molecular complexity index is 341. The van der Waals surface area contributed by atoms with Crippen molar-refractivity contribution in [3.8, 4) is 0 Å². The van der Waals surface area contributed by atoms with Crippen LogP contribution in [0.4, 0.5) is 4.79 Å². The summed E-state index contributed by atoms with van der Waals surface area (Å²) in [5.41, 5.74) is -0.133. The monoisotopic (exact) mass is 300 g/mol. The van der Waals surface area contributed by atoms with Crippen LogP contribution >= 0.6 is 0 Å². The molecule has 0 aromatic rings. The molecule has 0 saturated carbocycles. The van der Waals surface area contributed by atoms with Crippen LogP contribution in [0.5, 0.6) is 0 Å². The van der Waals surface area contributed by atoms with Gasteiger partial charge in [-0.15, -0.1) is 0 Å². The molecule has 0 bridgehead atoms. The molecule has 0 radical (unpaired) electrons. The summed E-state index contributed by atoms with van der Waals surface area (Å²) >= 11 is 0. The van der Waals surface area contributed by atoms with Crippen molar-refractivity contribution in [3.63, 3.8) is 0 Å². The molecule has 0 aliphatic carbocycles. The minimum Gasteiger partial charge on any atom is -0.379 e. The highest BCUT2D eigenvalue weighted by atomic mass is 16.5. The quantitative estimate of drug-likeness (QED) is 0.614. The van der Waals surface area contributed by atoms with Gasteiger partial charge in [0.1, 0.15) is 0 Å². The average molecular weight is 300 g/mol. The summed E-state index contributed by atoms with van der Waals surface area (Å²) in [6.45, 7) is 10.5. The third kappa shape index (κ3) is 6.77. The summed E-state index contributed by atoms with van der Waals surface area (Å²) in [6.07, 6.45) is 0.881. The predicted molar refractivity (Wildman–Crippen MR) is 81.2 cm³/mol. The van der Waals surface area contributed by atoms with E-state index in [2.05, 4.69) is 34.7 Å². The van der Waals surface area contributed by atoms with Crippen LogP contribution in [0, 0.1) is 0 Å². The third-order valence-corrected chi connectivity index (χ3v) is 3.53. The molecule has 0 aromatic heterocycles. The molecular weight excluding hydrogens is 272 g/mol. The standard InChI is InChI=1S/C14H28N4O3/c1-4-5-15-12(19)10-16-13(20)17-11-14(2,3)18-6-8-21-9-7-18/h4-11H2,1-3H3,(H,15,19)(H2,16,17,20). The van der Waals surface area contributed by atoms with Crippen molar-refractivity contribution in [2.24, 2.45) is 0 Å². The van der Waals surface area contributed by atoms with Crippen LogP contribution in [0.2, 0.25) is 0 Å². The minimum atomic E-state index is -0.317. The molecule has 122 valence electrons. The fourth-order valence-corrected chi connectivity index (χ4v) is 2.13. The lowest BCUT2D eigenvalue weighted by Crippen LogP contribution is -2.56. The van der Waals surface area contributed by atoms with Crippen LogP contribution < -0.4 is 16.0 Å². The molecule has 1 fully saturated rings. The Hall–Kier alpha value is -1.34. The lowest BCUT2D eigenvalue weighted by atomic mass is 10.0. The zero-order valence-electron chi connectivity index (χ0n) is 13.3. The number of urea groups is 1. The largest absolute Gasteiger partial charge is 0.379 e. The number of ether oxygens (including phenoxy) is 1. The van der Waals surface area contributed by atoms with Crippen LogP contribution in [-0.2, 0) is 9.53 Å². The number of carbonyl (C=O) groups is 2. The molecule has 1 saturated heterocycles. The highest BCUT2D eigenvalue weighted by Gasteiger charge is 2.28. The van der Waals surface area contributed by atoms with Gasteiger partial charge in [-0.3, -0.25) is 9.69 Å². The first-order chi connectivity index (χ1) is 9.95. The topological polar surface area (TPSA) is 82.7 Å². The summed E-state index contributed by atoms with van der Waals surface area (Å²) < 4.78 is 5.33. The number of nitrogens with one attached hydrogen (secondary N) is 3. The van der Waals surface area contributed by atoms with Gasteiger partial charge < -0.3 is 20.7 Å². The predicted octanol–water partition coefficient (Wildman–Crippen LogP) is -0.0774. The van der Waals surface area contributed by atoms with Gasteiger partial charge in [-0.2, -0.15) is 0 Å². The Labute approximate surface area is 126 Å². The van der Waals surface area contributed by atoms with E-state index in [9.17, 15) is 9.59 Å². The molecule has 7 heteroatoms. The molecule has 1 aliphatic heterocycles. The van der Waals surface area contributed by atoms with Crippen molar-refractivity contribution in [2.75, 3.05) is 45.9 Å². The Kier molecular flexibility index (Phi) is 7.45. The molecule has 3 N–H and O–H groups in total. The van der Waals surface area contributed by atoms with E-state index in [1.54, 1.807) is 0 Å². The lowest BCUT2D eigenvalue weighted by molar-refractivity contribution is -0.120. The van der Waals surface area contributed by atoms with Gasteiger partial charge in [-0.25, -0.2) is 4.79 Å². The van der Waals surface area contributed by atoms with Gasteiger partial charge in [0.05, 0.1) is 19.8 Å². The molecule has 7 nitrogen and oxygen atoms in total. The lowest BCUT2D eigenvalue weighted by Gasteiger charge is -2.40. The summed E-state index contributed by atoms with van der Waals surface area (Å²) in [5.74, 6) is -0.167. The molecule has 1 aliphatic rings. The van der Waals surface area contributed by atoms with E-state index in [-0.39, 0.29) is 24.0 Å². The second-order valence-corrected chi connectivity index (χ2v) is 5.80. The van der Waals surface area contributed by atoms with Crippen molar-refractivity contribution in [1.82, 2.24) is 20.9 Å². The van der Waals surface area contributed by atoms with E-state index in [1.807, 2.05) is 6.92 Å². The molecule has 0 atom stereocenters. The molecule has 3 amide bonds. The first-order valence-electron chi connectivity index (χ1n) is 7.57. The fraction of sp³-hybridized carbons (Fsp3) is 0.857. The summed E-state index contributed by atoms with van der Waals surface area (Å²) in [4.78, 5) is 25.4. The number of hydrogen-bond acceptors (Lipinski definition) is 4. The van der Waals surface area contributed by atoms with E-state index in [4.69, 9.17) is 4.74 Å². The van der Waals surface area contributed by atoms with Crippen molar-refractivity contribution < 1.29 is 14.3 Å². The van der Waals surface area contributed by atoms with E-state index >= 15 is 0 Å². The van der Waals surface area contributed by atoms with Crippen molar-refractivity contribution in [3.05, 3.63) is 0 Å². The van der Waals surface area contributed by atoms with E-state index in [1.165, 1.54) is 0 Å². The highest BCUT2D eigenvalue weighted by molar-refractivity contribution is 5.83. The van der Waals surface area contributed by atoms with Gasteiger partial charge in [-0.05, 0) is 20.3 Å². The zero-order chi connectivity index (χ0) is 15.7. The molecular formula is C14H28N4O3. The maximum atomic E-state index is 11.7. The van der Waals surface area contributed by atoms with E-state index < -0.39 is 0 Å². The number of carbonyl (C=O) groups excluding carboxylic acids is 2. The van der Waals surface area contributed by atoms with Crippen molar-refractivity contribution in [2.45, 2.75) is 32.7 Å². The summed E-state index contributed by atoms with van der Waals surface area (Å²) in [7, 11) is 0. The smallest absolute Gasteiger partial charge is 0.315 e. The van der Waals surface area contributed by atoms with Crippen LogP contribution in [0.1, 0.15) is 27.2 Å². The Morgan fingerprint density at radius 3 is 2.43 bits per heavy atom. The van der Waals surface area contributed by atoms with Crippen LogP contribution in [0.3, 0.4) is 0 Å². The van der Waals surface area contributed by atoms with Crippen LogP contribution in [0.15, 0.2) is 0 Å². The Morgan fingerprint density at radius 1 is 1.14 bits per heavy atom. The number of amides is 3. The average Bonchev–Trinajstić information content (AvgIpc) is 2.49. The molecule has 21 heavy (non-hydrogen) atoms. The van der Waals surface area contributed by atoms with Crippen molar-refractivity contribution in [1.29, 1.82) is 0 Å². The maximum Gasteiger partial charge on any atom is 0.315 e. The molecule has 0 spiro atoms. The molecule has 0 unspecified atom stereocenters. The van der Waals surface area contributed by atoms with Gasteiger partial charge in [-0.1, -0.05) is 6.92 Å². The molecule has 1 heterocycles. The normalized spacial score (nSPS) is 16.3. The first-order valence-corrected chi connectivity index (χ1v) is 7.57. The second-order valence-electron chi connectivity index (χ2n) is 5.80. The summed E-state index contributed by atoms with van der Waals surface area (Å²) in [6, 6.07) is -0.317. The van der Waals surface area contributed by atoms with Gasteiger partial charge >= 0.3 is 6.03 Å². The Balaban J connectivity index is 2.23. The number of rotatable bonds is 7. The summed E-state index contributed by atoms with van der Waals surface area (Å²) in [5, 5.41) is 8.09. The van der Waals surface area contributed by atoms with Gasteiger partial charge in [0, 0.05) is 31.7 Å². The number of morpholine rings is 1. The second kappa shape index (κ2) is 8.84.